The van der Waals surface area contributed by atoms with Crippen molar-refractivity contribution in [1.82, 2.24) is 14.9 Å². The lowest BCUT2D eigenvalue weighted by molar-refractivity contribution is -0.117. The SMILES string of the molecule is CCC/C(C(=O)[C@H]1CCCc2sc(N)c(C#N)c21)=C(/N)c1nccc(OC[C@@H]2CCCN2C)n1. The summed E-state index contributed by atoms with van der Waals surface area (Å²) < 4.78 is 5.94. The third-order valence-electron chi connectivity index (χ3n) is 6.81. The van der Waals surface area contributed by atoms with Gasteiger partial charge < -0.3 is 21.1 Å². The molecule has 2 atom stereocenters. The predicted molar refractivity (Wildman–Crippen MR) is 133 cm³/mol. The van der Waals surface area contributed by atoms with E-state index in [0.717, 1.165) is 42.7 Å². The Hall–Kier alpha value is -2.96. The van der Waals surface area contributed by atoms with E-state index in [1.807, 2.05) is 6.92 Å². The van der Waals surface area contributed by atoms with E-state index in [1.54, 1.807) is 12.3 Å². The summed E-state index contributed by atoms with van der Waals surface area (Å²) in [5.74, 6) is 0.283. The van der Waals surface area contributed by atoms with Crippen molar-refractivity contribution in [1.29, 1.82) is 5.26 Å². The van der Waals surface area contributed by atoms with Crippen molar-refractivity contribution in [3.63, 3.8) is 0 Å². The van der Waals surface area contributed by atoms with Crippen molar-refractivity contribution >= 4 is 27.8 Å². The molecule has 0 amide bonds. The van der Waals surface area contributed by atoms with Crippen LogP contribution in [-0.2, 0) is 11.2 Å². The van der Waals surface area contributed by atoms with Gasteiger partial charge in [-0.05, 0) is 57.7 Å². The highest BCUT2D eigenvalue weighted by Crippen LogP contribution is 2.43. The van der Waals surface area contributed by atoms with Crippen molar-refractivity contribution < 1.29 is 9.53 Å². The number of Topliss-reactive ketones (excluding diaryl/α,β-unsaturated/α-hetero) is 1. The minimum Gasteiger partial charge on any atom is -0.476 e. The Morgan fingerprint density at radius 1 is 1.38 bits per heavy atom. The van der Waals surface area contributed by atoms with Crippen molar-refractivity contribution in [3.8, 4) is 11.9 Å². The first kappa shape index (κ1) is 24.2. The number of allylic oxidation sites excluding steroid dienone is 1. The van der Waals surface area contributed by atoms with E-state index >= 15 is 0 Å². The molecule has 0 aromatic carbocycles. The molecule has 4 rings (SSSR count). The lowest BCUT2D eigenvalue weighted by atomic mass is 9.79. The molecule has 34 heavy (non-hydrogen) atoms. The van der Waals surface area contributed by atoms with Crippen LogP contribution < -0.4 is 16.2 Å². The third kappa shape index (κ3) is 4.79. The molecule has 4 N–H and O–H groups in total. The second-order valence-electron chi connectivity index (χ2n) is 9.05. The number of carbonyl (C=O) groups excluding carboxylic acids is 1. The number of ether oxygens (including phenoxy) is 1. The number of thiophene rings is 1. The fourth-order valence-electron chi connectivity index (χ4n) is 4.96. The summed E-state index contributed by atoms with van der Waals surface area (Å²) >= 11 is 1.42. The third-order valence-corrected chi connectivity index (χ3v) is 7.91. The van der Waals surface area contributed by atoms with Gasteiger partial charge in [0.05, 0.1) is 11.3 Å². The van der Waals surface area contributed by atoms with E-state index in [-0.39, 0.29) is 11.5 Å². The van der Waals surface area contributed by atoms with Gasteiger partial charge >= 0.3 is 0 Å². The molecule has 0 bridgehead atoms. The topological polar surface area (TPSA) is 131 Å². The number of nitriles is 1. The van der Waals surface area contributed by atoms with Crippen LogP contribution in [-0.4, -0.2) is 46.9 Å². The zero-order valence-corrected chi connectivity index (χ0v) is 20.7. The maximum Gasteiger partial charge on any atom is 0.216 e. The van der Waals surface area contributed by atoms with Gasteiger partial charge in [0.25, 0.3) is 0 Å². The fraction of sp³-hybridized carbons (Fsp3) is 0.520. The number of aromatic nitrogens is 2. The van der Waals surface area contributed by atoms with Crippen LogP contribution in [0.25, 0.3) is 5.70 Å². The highest BCUT2D eigenvalue weighted by molar-refractivity contribution is 7.16. The highest BCUT2D eigenvalue weighted by atomic mass is 32.1. The van der Waals surface area contributed by atoms with Gasteiger partial charge in [0.1, 0.15) is 17.7 Å². The lowest BCUT2D eigenvalue weighted by Crippen LogP contribution is -2.30. The van der Waals surface area contributed by atoms with Crippen molar-refractivity contribution in [2.45, 2.75) is 63.8 Å². The zero-order chi connectivity index (χ0) is 24.2. The minimum atomic E-state index is -0.413. The number of fused-ring (bicyclic) bond motifs is 1. The Balaban J connectivity index is 1.62. The Bertz CT molecular complexity index is 1130. The number of likely N-dealkylation sites (N-methyl/N-ethyl adjacent to an activating group) is 1. The molecule has 180 valence electrons. The predicted octanol–water partition coefficient (Wildman–Crippen LogP) is 3.62. The highest BCUT2D eigenvalue weighted by Gasteiger charge is 2.34. The van der Waals surface area contributed by atoms with E-state index in [0.29, 0.717) is 53.3 Å². The van der Waals surface area contributed by atoms with Crippen molar-refractivity contribution in [2.75, 3.05) is 25.9 Å². The number of carbonyl (C=O) groups is 1. The average molecular weight is 481 g/mol. The van der Waals surface area contributed by atoms with E-state index in [2.05, 4.69) is 28.0 Å². The van der Waals surface area contributed by atoms with Gasteiger partial charge in [-0.25, -0.2) is 4.98 Å². The molecule has 1 aliphatic heterocycles. The van der Waals surface area contributed by atoms with Crippen molar-refractivity contribution in [3.05, 3.63) is 39.7 Å². The molecule has 9 heteroatoms. The van der Waals surface area contributed by atoms with Crippen LogP contribution in [0.5, 0.6) is 5.88 Å². The molecule has 1 saturated heterocycles. The number of nitrogens with zero attached hydrogens (tertiary/aromatic N) is 4. The summed E-state index contributed by atoms with van der Waals surface area (Å²) in [5.41, 5.74) is 14.6. The van der Waals surface area contributed by atoms with E-state index in [9.17, 15) is 10.1 Å². The number of ketones is 1. The summed E-state index contributed by atoms with van der Waals surface area (Å²) in [6.07, 6.45) is 7.55. The molecule has 2 aromatic heterocycles. The van der Waals surface area contributed by atoms with Gasteiger partial charge in [0, 0.05) is 34.7 Å². The van der Waals surface area contributed by atoms with Crippen LogP contribution in [0, 0.1) is 11.3 Å². The van der Waals surface area contributed by atoms with Crippen LogP contribution >= 0.6 is 11.3 Å². The molecule has 0 spiro atoms. The molecular weight excluding hydrogens is 448 g/mol. The molecule has 2 aliphatic rings. The van der Waals surface area contributed by atoms with Crippen LogP contribution in [0.4, 0.5) is 5.00 Å². The molecule has 1 fully saturated rings. The second kappa shape index (κ2) is 10.5. The smallest absolute Gasteiger partial charge is 0.216 e. The van der Waals surface area contributed by atoms with E-state index < -0.39 is 5.92 Å². The molecule has 2 aromatic rings. The Morgan fingerprint density at radius 3 is 2.91 bits per heavy atom. The number of hydrogen-bond acceptors (Lipinski definition) is 9. The monoisotopic (exact) mass is 480 g/mol. The van der Waals surface area contributed by atoms with Crippen LogP contribution in [0.3, 0.4) is 0 Å². The fourth-order valence-corrected chi connectivity index (χ4v) is 6.09. The Labute approximate surface area is 204 Å². The van der Waals surface area contributed by atoms with E-state index in [4.69, 9.17) is 16.2 Å². The zero-order valence-electron chi connectivity index (χ0n) is 19.8. The van der Waals surface area contributed by atoms with Gasteiger partial charge in [-0.2, -0.15) is 10.2 Å². The van der Waals surface area contributed by atoms with Crippen LogP contribution in [0.15, 0.2) is 17.8 Å². The summed E-state index contributed by atoms with van der Waals surface area (Å²) in [4.78, 5) is 26.0. The van der Waals surface area contributed by atoms with Crippen LogP contribution in [0.2, 0.25) is 0 Å². The van der Waals surface area contributed by atoms with Gasteiger partial charge in [-0.3, -0.25) is 4.79 Å². The molecule has 3 heterocycles. The lowest BCUT2D eigenvalue weighted by Gasteiger charge is -2.24. The molecule has 0 unspecified atom stereocenters. The molecule has 0 radical (unpaired) electrons. The molecule has 0 saturated carbocycles. The molecule has 1 aliphatic carbocycles. The number of likely N-dealkylation sites (tertiary alicyclic amines) is 1. The van der Waals surface area contributed by atoms with Gasteiger partial charge in [-0.15, -0.1) is 11.3 Å². The maximum atomic E-state index is 13.8. The number of rotatable bonds is 8. The van der Waals surface area contributed by atoms with E-state index in [1.165, 1.54) is 17.8 Å². The minimum absolute atomic E-state index is 0.0582. The number of hydrogen-bond donors (Lipinski definition) is 2. The Morgan fingerprint density at radius 2 is 2.21 bits per heavy atom. The number of aryl methyl sites for hydroxylation is 1. The summed E-state index contributed by atoms with van der Waals surface area (Å²) in [6, 6.07) is 4.30. The molecule has 8 nitrogen and oxygen atoms in total. The first-order valence-corrected chi connectivity index (χ1v) is 12.8. The Kier molecular flexibility index (Phi) is 7.49. The number of nitrogens with two attached hydrogens (primary N) is 2. The second-order valence-corrected chi connectivity index (χ2v) is 10.2. The quantitative estimate of drug-likeness (QED) is 0.548. The largest absolute Gasteiger partial charge is 0.476 e. The number of anilines is 1. The van der Waals surface area contributed by atoms with Crippen molar-refractivity contribution in [2.24, 2.45) is 5.73 Å². The van der Waals surface area contributed by atoms with Gasteiger partial charge in [0.2, 0.25) is 5.88 Å². The van der Waals surface area contributed by atoms with Gasteiger partial charge in [-0.1, -0.05) is 13.3 Å². The summed E-state index contributed by atoms with van der Waals surface area (Å²) in [6.45, 7) is 3.64. The van der Waals surface area contributed by atoms with Crippen LogP contribution in [0.1, 0.15) is 73.2 Å². The first-order valence-electron chi connectivity index (χ1n) is 11.9. The summed E-state index contributed by atoms with van der Waals surface area (Å²) in [5, 5.41) is 10.1. The maximum absolute atomic E-state index is 13.8. The normalized spacial score (nSPS) is 21.0. The average Bonchev–Trinajstić information content (AvgIpc) is 3.41. The molecular formula is C25H32N6O2S. The van der Waals surface area contributed by atoms with Gasteiger partial charge in [0.15, 0.2) is 11.6 Å². The number of nitrogen functional groups attached to an aromatic ring is 1. The standard InChI is InChI=1S/C25H32N6O2S/c1-3-6-17(23(32)16-8-4-9-19-21(16)18(13-26)24(28)34-19)22(27)25-29-11-10-20(30-25)33-14-15-7-5-12-31(15)2/h10-11,15-16H,3-9,12,14,27-28H2,1-2H3/b22-17-/t15-,16-/m0/s1. The summed E-state index contributed by atoms with van der Waals surface area (Å²) in [7, 11) is 2.10. The first-order chi connectivity index (χ1) is 16.4.